The third-order valence-corrected chi connectivity index (χ3v) is 4.92. The Balaban J connectivity index is 2.83. The lowest BCUT2D eigenvalue weighted by Gasteiger charge is -2.29. The summed E-state index contributed by atoms with van der Waals surface area (Å²) in [6, 6.07) is 2.81. The number of halogens is 3. The van der Waals surface area contributed by atoms with Crippen molar-refractivity contribution in [2.75, 3.05) is 12.4 Å². The summed E-state index contributed by atoms with van der Waals surface area (Å²) < 4.78 is 19.8. The van der Waals surface area contributed by atoms with Crippen LogP contribution in [0.25, 0.3) is 0 Å². The summed E-state index contributed by atoms with van der Waals surface area (Å²) in [5.41, 5.74) is 0.0265. The third-order valence-electron chi connectivity index (χ3n) is 3.34. The standard InChI is InChI=1S/C13H17BrClFOS/c1-3-13(4-2,8-18)7-17-12-6-11(16)10(15)5-9(12)14/h5-6,18H,3-4,7-8H2,1-2H3. The van der Waals surface area contributed by atoms with E-state index in [0.717, 1.165) is 18.6 Å². The van der Waals surface area contributed by atoms with Crippen LogP contribution in [0.5, 0.6) is 5.75 Å². The van der Waals surface area contributed by atoms with Gasteiger partial charge in [0.1, 0.15) is 11.6 Å². The largest absolute Gasteiger partial charge is 0.492 e. The fraction of sp³-hybridized carbons (Fsp3) is 0.538. The highest BCUT2D eigenvalue weighted by Gasteiger charge is 2.26. The van der Waals surface area contributed by atoms with Gasteiger partial charge in [0.2, 0.25) is 0 Å². The van der Waals surface area contributed by atoms with E-state index in [9.17, 15) is 4.39 Å². The highest BCUT2D eigenvalue weighted by atomic mass is 79.9. The normalized spacial score (nSPS) is 11.7. The second-order valence-electron chi connectivity index (χ2n) is 4.35. The van der Waals surface area contributed by atoms with E-state index in [1.165, 1.54) is 12.1 Å². The number of rotatable bonds is 6. The van der Waals surface area contributed by atoms with E-state index < -0.39 is 5.82 Å². The van der Waals surface area contributed by atoms with E-state index in [4.69, 9.17) is 16.3 Å². The molecule has 0 aliphatic rings. The fourth-order valence-electron chi connectivity index (χ4n) is 1.57. The molecule has 1 rings (SSSR count). The number of ether oxygens (including phenoxy) is 1. The first-order chi connectivity index (χ1) is 8.48. The van der Waals surface area contributed by atoms with Crippen molar-refractivity contribution < 1.29 is 9.13 Å². The molecule has 0 amide bonds. The van der Waals surface area contributed by atoms with Gasteiger partial charge >= 0.3 is 0 Å². The quantitative estimate of drug-likeness (QED) is 0.534. The van der Waals surface area contributed by atoms with Crippen molar-refractivity contribution in [1.29, 1.82) is 0 Å². The van der Waals surface area contributed by atoms with E-state index in [0.29, 0.717) is 16.8 Å². The van der Waals surface area contributed by atoms with Gasteiger partial charge in [0.25, 0.3) is 0 Å². The van der Waals surface area contributed by atoms with Crippen LogP contribution in [0.1, 0.15) is 26.7 Å². The third kappa shape index (κ3) is 3.78. The predicted octanol–water partition coefficient (Wildman–Crippen LogP) is 5.36. The Morgan fingerprint density at radius 3 is 2.50 bits per heavy atom. The van der Waals surface area contributed by atoms with Crippen molar-refractivity contribution in [3.8, 4) is 5.75 Å². The van der Waals surface area contributed by atoms with Gasteiger partial charge in [0, 0.05) is 11.5 Å². The smallest absolute Gasteiger partial charge is 0.145 e. The van der Waals surface area contributed by atoms with Crippen LogP contribution in [0.15, 0.2) is 16.6 Å². The van der Waals surface area contributed by atoms with Crippen molar-refractivity contribution in [2.45, 2.75) is 26.7 Å². The monoisotopic (exact) mass is 354 g/mol. The summed E-state index contributed by atoms with van der Waals surface area (Å²) in [6.07, 6.45) is 1.95. The second-order valence-corrected chi connectivity index (χ2v) is 5.93. The Labute approximate surface area is 127 Å². The van der Waals surface area contributed by atoms with E-state index in [-0.39, 0.29) is 10.4 Å². The fourth-order valence-corrected chi connectivity index (χ4v) is 2.86. The molecule has 0 aromatic heterocycles. The van der Waals surface area contributed by atoms with E-state index in [1.807, 2.05) is 0 Å². The molecule has 1 aromatic rings. The van der Waals surface area contributed by atoms with E-state index in [1.54, 1.807) is 0 Å². The SMILES string of the molecule is CCC(CC)(CS)COc1cc(F)c(Cl)cc1Br. The van der Waals surface area contributed by atoms with Crippen molar-refractivity contribution in [1.82, 2.24) is 0 Å². The molecule has 0 N–H and O–H groups in total. The molecule has 102 valence electrons. The summed E-state index contributed by atoms with van der Waals surface area (Å²) in [4.78, 5) is 0. The average Bonchev–Trinajstić information content (AvgIpc) is 2.37. The van der Waals surface area contributed by atoms with E-state index in [2.05, 4.69) is 42.4 Å². The summed E-state index contributed by atoms with van der Waals surface area (Å²) in [5, 5.41) is 0.0840. The molecule has 18 heavy (non-hydrogen) atoms. The first kappa shape index (κ1) is 16.1. The molecule has 0 aliphatic carbocycles. The molecule has 1 nitrogen and oxygen atoms in total. The van der Waals surface area contributed by atoms with Crippen molar-refractivity contribution in [2.24, 2.45) is 5.41 Å². The number of hydrogen-bond donors (Lipinski definition) is 1. The number of benzene rings is 1. The van der Waals surface area contributed by atoms with Gasteiger partial charge in [-0.3, -0.25) is 0 Å². The van der Waals surface area contributed by atoms with Crippen LogP contribution in [0.4, 0.5) is 4.39 Å². The van der Waals surface area contributed by atoms with Gasteiger partial charge in [-0.1, -0.05) is 25.4 Å². The van der Waals surface area contributed by atoms with Crippen LogP contribution < -0.4 is 4.74 Å². The molecule has 0 saturated heterocycles. The minimum absolute atomic E-state index is 0.0265. The maximum atomic E-state index is 13.4. The molecule has 0 spiro atoms. The topological polar surface area (TPSA) is 9.23 Å². The molecular weight excluding hydrogens is 339 g/mol. The molecule has 0 bridgehead atoms. The minimum atomic E-state index is -0.473. The number of hydrogen-bond acceptors (Lipinski definition) is 2. The van der Waals surface area contributed by atoms with Gasteiger partial charge < -0.3 is 4.74 Å². The van der Waals surface area contributed by atoms with Crippen LogP contribution in [-0.2, 0) is 0 Å². The summed E-state index contributed by atoms with van der Waals surface area (Å²) in [7, 11) is 0. The van der Waals surface area contributed by atoms with Gasteiger partial charge in [0.05, 0.1) is 16.1 Å². The minimum Gasteiger partial charge on any atom is -0.492 e. The van der Waals surface area contributed by atoms with Crippen molar-refractivity contribution in [3.05, 3.63) is 27.4 Å². The Morgan fingerprint density at radius 1 is 1.39 bits per heavy atom. The van der Waals surface area contributed by atoms with Gasteiger partial charge in [-0.05, 0) is 40.6 Å². The zero-order valence-electron chi connectivity index (χ0n) is 10.5. The van der Waals surface area contributed by atoms with Gasteiger partial charge in [-0.2, -0.15) is 12.6 Å². The molecule has 0 unspecified atom stereocenters. The zero-order chi connectivity index (χ0) is 13.8. The van der Waals surface area contributed by atoms with Gasteiger partial charge in [-0.15, -0.1) is 0 Å². The molecule has 0 heterocycles. The van der Waals surface area contributed by atoms with Crippen LogP contribution in [-0.4, -0.2) is 12.4 Å². The highest BCUT2D eigenvalue weighted by molar-refractivity contribution is 9.10. The van der Waals surface area contributed by atoms with Crippen LogP contribution in [0.2, 0.25) is 5.02 Å². The highest BCUT2D eigenvalue weighted by Crippen LogP contribution is 2.34. The predicted molar refractivity (Wildman–Crippen MR) is 81.5 cm³/mol. The van der Waals surface area contributed by atoms with Gasteiger partial charge in [-0.25, -0.2) is 4.39 Å². The average molecular weight is 356 g/mol. The molecule has 0 radical (unpaired) electrons. The summed E-state index contributed by atoms with van der Waals surface area (Å²) in [5.74, 6) is 0.748. The summed E-state index contributed by atoms with van der Waals surface area (Å²) in [6.45, 7) is 4.74. The maximum absolute atomic E-state index is 13.4. The lowest BCUT2D eigenvalue weighted by Crippen LogP contribution is -2.29. The van der Waals surface area contributed by atoms with Crippen molar-refractivity contribution >= 4 is 40.2 Å². The van der Waals surface area contributed by atoms with Crippen LogP contribution >= 0.6 is 40.2 Å². The Hall–Kier alpha value is 0.0700. The lowest BCUT2D eigenvalue weighted by molar-refractivity contribution is 0.156. The second kappa shape index (κ2) is 7.01. The zero-order valence-corrected chi connectivity index (χ0v) is 13.7. The molecule has 1 aromatic carbocycles. The Morgan fingerprint density at radius 2 is 2.00 bits per heavy atom. The molecular formula is C13H17BrClFOS. The maximum Gasteiger partial charge on any atom is 0.145 e. The van der Waals surface area contributed by atoms with Crippen molar-refractivity contribution in [3.63, 3.8) is 0 Å². The first-order valence-corrected chi connectivity index (χ1v) is 7.66. The molecule has 0 aliphatic heterocycles. The first-order valence-electron chi connectivity index (χ1n) is 5.86. The summed E-state index contributed by atoms with van der Waals surface area (Å²) >= 11 is 13.4. The van der Waals surface area contributed by atoms with Crippen LogP contribution in [0.3, 0.4) is 0 Å². The molecule has 5 heteroatoms. The molecule has 0 fully saturated rings. The molecule has 0 saturated carbocycles. The Kier molecular flexibility index (Phi) is 6.28. The van der Waals surface area contributed by atoms with Crippen LogP contribution in [0, 0.1) is 11.2 Å². The Bertz CT molecular complexity index is 402. The van der Waals surface area contributed by atoms with Gasteiger partial charge in [0.15, 0.2) is 0 Å². The lowest BCUT2D eigenvalue weighted by atomic mass is 9.85. The number of thiol groups is 1. The van der Waals surface area contributed by atoms with E-state index >= 15 is 0 Å². The molecule has 0 atom stereocenters.